The Balaban J connectivity index is -0.0000000320. The van der Waals surface area contributed by atoms with Crippen molar-refractivity contribution in [3.63, 3.8) is 0 Å². The second-order valence-corrected chi connectivity index (χ2v) is 2.80. The Kier molecular flexibility index (Phi) is 43.1. The predicted molar refractivity (Wildman–Crippen MR) is 58.9 cm³/mol. The zero-order valence-electron chi connectivity index (χ0n) is 9.85. The molecule has 0 amide bonds. The van der Waals surface area contributed by atoms with Gasteiger partial charge in [-0.15, -0.1) is 0 Å². The van der Waals surface area contributed by atoms with Crippen molar-refractivity contribution in [2.24, 2.45) is 5.92 Å². The van der Waals surface area contributed by atoms with Gasteiger partial charge in [0.25, 0.3) is 0 Å². The van der Waals surface area contributed by atoms with Gasteiger partial charge in [0.15, 0.2) is 0 Å². The van der Waals surface area contributed by atoms with E-state index in [1.807, 2.05) is 0 Å². The summed E-state index contributed by atoms with van der Waals surface area (Å²) in [4.78, 5) is 0. The van der Waals surface area contributed by atoms with Crippen LogP contribution in [0.5, 0.6) is 0 Å². The van der Waals surface area contributed by atoms with Crippen molar-refractivity contribution >= 4 is 0 Å². The maximum absolute atomic E-state index is 2.26. The van der Waals surface area contributed by atoms with Gasteiger partial charge in [-0.3, -0.25) is 0 Å². The van der Waals surface area contributed by atoms with E-state index < -0.39 is 0 Å². The summed E-state index contributed by atoms with van der Waals surface area (Å²) in [5.41, 5.74) is 0. The molecule has 0 heterocycles. The predicted octanol–water partition coefficient (Wildman–Crippen LogP) is 4.94. The molecule has 0 aromatic heterocycles. The van der Waals surface area contributed by atoms with Gasteiger partial charge in [-0.05, 0) is 5.92 Å². The zero-order valence-corrected chi connectivity index (χ0v) is 11.2. The van der Waals surface area contributed by atoms with Crippen LogP contribution in [0.15, 0.2) is 0 Å². The fraction of sp³-hybridized carbons (Fsp3) is 0.909. The summed E-state index contributed by atoms with van der Waals surface area (Å²) in [6, 6.07) is 0. The molecule has 0 atom stereocenters. The first kappa shape index (κ1) is 22.9. The van der Waals surface area contributed by atoms with E-state index in [9.17, 15) is 0 Å². The summed E-state index contributed by atoms with van der Waals surface area (Å²) in [5.74, 6) is 0.986. The number of hydrogen-bond donors (Lipinski definition) is 0. The molecule has 1 heteroatoms. The third-order valence-electron chi connectivity index (χ3n) is 1.73. The first-order chi connectivity index (χ1) is 4.76. The van der Waals surface area contributed by atoms with E-state index in [4.69, 9.17) is 0 Å². The van der Waals surface area contributed by atoms with Gasteiger partial charge in [0, 0.05) is 20.0 Å². The molecule has 0 N–H and O–H groups in total. The molecule has 0 saturated heterocycles. The molecule has 12 heavy (non-hydrogen) atoms. The molecule has 0 nitrogen and oxygen atoms in total. The van der Waals surface area contributed by atoms with E-state index in [0.717, 1.165) is 5.92 Å². The molecule has 0 rings (SSSR count). The molecular formula is C11H29V-. The van der Waals surface area contributed by atoms with Crippen LogP contribution in [-0.4, -0.2) is 0 Å². The second-order valence-electron chi connectivity index (χ2n) is 2.80. The topological polar surface area (TPSA) is 0 Å². The van der Waals surface area contributed by atoms with Crippen molar-refractivity contribution in [3.05, 3.63) is 7.43 Å². The van der Waals surface area contributed by atoms with Crippen LogP contribution >= 0.6 is 0 Å². The normalized spacial score (nSPS) is 7.50. The van der Waals surface area contributed by atoms with Gasteiger partial charge in [0.2, 0.25) is 0 Å². The van der Waals surface area contributed by atoms with Gasteiger partial charge in [-0.2, -0.15) is 0 Å². The van der Waals surface area contributed by atoms with Crippen LogP contribution in [0, 0.1) is 13.3 Å². The Morgan fingerprint density at radius 2 is 1.00 bits per heavy atom. The first-order valence-corrected chi connectivity index (χ1v) is 4.76. The van der Waals surface area contributed by atoms with Crippen molar-refractivity contribution in [1.29, 1.82) is 0 Å². The number of hydrogen-bond acceptors (Lipinski definition) is 0. The summed E-state index contributed by atoms with van der Waals surface area (Å²) in [6.45, 7) is 11.0. The zero-order chi connectivity index (χ0) is 8.41. The Labute approximate surface area is 93.9 Å². The molecule has 0 aromatic carbocycles. The average molecular weight is 212 g/mol. The second kappa shape index (κ2) is 22.6. The summed E-state index contributed by atoms with van der Waals surface area (Å²) >= 11 is 0. The molecule has 0 bridgehead atoms. The molecule has 0 aliphatic carbocycles. The van der Waals surface area contributed by atoms with Gasteiger partial charge in [0.05, 0.1) is 0 Å². The quantitative estimate of drug-likeness (QED) is 0.581. The van der Waals surface area contributed by atoms with Crippen LogP contribution in [0.4, 0.5) is 0 Å². The van der Waals surface area contributed by atoms with Crippen LogP contribution in [0.3, 0.4) is 0 Å². The minimum Gasteiger partial charge on any atom is -0.358 e. The van der Waals surface area contributed by atoms with Crippen molar-refractivity contribution < 1.29 is 20.0 Å². The summed E-state index contributed by atoms with van der Waals surface area (Å²) in [5, 5.41) is 0. The monoisotopic (exact) mass is 212 g/mol. The van der Waals surface area contributed by atoms with Crippen LogP contribution in [0.25, 0.3) is 0 Å². The minimum atomic E-state index is 0. The van der Waals surface area contributed by atoms with Gasteiger partial charge in [-0.1, -0.05) is 60.3 Å². The van der Waals surface area contributed by atoms with Crippen LogP contribution in [-0.2, 0) is 18.6 Å². The summed E-state index contributed by atoms with van der Waals surface area (Å²) in [7, 11) is 0. The average Bonchev–Trinajstić information content (AvgIpc) is 1.93. The summed E-state index contributed by atoms with van der Waals surface area (Å²) in [6.07, 6.45) is 5.31. The van der Waals surface area contributed by atoms with Crippen LogP contribution in [0.1, 0.15) is 61.7 Å². The van der Waals surface area contributed by atoms with E-state index in [-0.39, 0.29) is 27.4 Å². The maximum atomic E-state index is 2.26. The van der Waals surface area contributed by atoms with Crippen molar-refractivity contribution in [2.75, 3.05) is 0 Å². The van der Waals surface area contributed by atoms with E-state index >= 15 is 0 Å². The molecule has 0 spiro atoms. The van der Waals surface area contributed by atoms with Gasteiger partial charge >= 0.3 is 0 Å². The molecule has 79 valence electrons. The first-order valence-electron chi connectivity index (χ1n) is 4.76. The maximum Gasteiger partial charge on any atom is 0 e. The third kappa shape index (κ3) is 22.4. The van der Waals surface area contributed by atoms with Crippen molar-refractivity contribution in [3.8, 4) is 0 Å². The van der Waals surface area contributed by atoms with Crippen LogP contribution in [0.2, 0.25) is 0 Å². The smallest absolute Gasteiger partial charge is 0 e. The fourth-order valence-corrected chi connectivity index (χ4v) is 0.866. The van der Waals surface area contributed by atoms with Gasteiger partial charge in [0.1, 0.15) is 0 Å². The minimum absolute atomic E-state index is 0. The molecule has 0 aromatic rings. The molecule has 0 unspecified atom stereocenters. The van der Waals surface area contributed by atoms with Gasteiger partial charge < -0.3 is 7.43 Å². The van der Waals surface area contributed by atoms with E-state index in [2.05, 4.69) is 34.6 Å². The van der Waals surface area contributed by atoms with Crippen LogP contribution < -0.4 is 0 Å². The van der Waals surface area contributed by atoms with Gasteiger partial charge in [-0.25, -0.2) is 0 Å². The Hall–Kier alpha value is 0.584. The Bertz CT molecular complexity index is 39.8. The molecule has 0 fully saturated rings. The SMILES string of the molecule is CCC.CCC(CC)CC.[CH3-].[HH].[V]. The molecule has 0 aliphatic rings. The molecule has 0 aliphatic heterocycles. The third-order valence-corrected chi connectivity index (χ3v) is 1.73. The van der Waals surface area contributed by atoms with E-state index in [0.29, 0.717) is 0 Å². The molecule has 1 radical (unpaired) electrons. The molecule has 0 saturated carbocycles. The largest absolute Gasteiger partial charge is 0.358 e. The number of rotatable bonds is 3. The summed E-state index contributed by atoms with van der Waals surface area (Å²) < 4.78 is 0. The van der Waals surface area contributed by atoms with E-state index in [1.54, 1.807) is 0 Å². The fourth-order valence-electron chi connectivity index (χ4n) is 0.866. The Morgan fingerprint density at radius 1 is 0.833 bits per heavy atom. The Morgan fingerprint density at radius 3 is 1.00 bits per heavy atom. The van der Waals surface area contributed by atoms with E-state index in [1.165, 1.54) is 25.7 Å². The van der Waals surface area contributed by atoms with Crippen molar-refractivity contribution in [1.82, 2.24) is 0 Å². The van der Waals surface area contributed by atoms with Crippen molar-refractivity contribution in [2.45, 2.75) is 60.3 Å². The standard InChI is InChI=1S/C7H16.C3H8.CH3.V.H2/c1-4-7(5-2)6-3;1-3-2;;;/h7H,4-6H2,1-3H3;3H2,1-2H3;1H3;;1H/q;;-1;;. The molecular weight excluding hydrogens is 183 g/mol.